The van der Waals surface area contributed by atoms with Crippen molar-refractivity contribution in [1.82, 2.24) is 4.90 Å². The van der Waals surface area contributed by atoms with Gasteiger partial charge in [0, 0.05) is 18.5 Å². The first-order valence-corrected chi connectivity index (χ1v) is 8.99. The Kier molecular flexibility index (Phi) is 3.19. The minimum Gasteiger partial charge on any atom is -0.448 e. The first-order chi connectivity index (χ1) is 11.1. The average molecular weight is 332 g/mol. The molecule has 2 aromatic rings. The van der Waals surface area contributed by atoms with E-state index < -0.39 is 10.0 Å². The standard InChI is InChI=1S/C16H16N2O4S/c19-16-17(10-11-22-16)8-3-9-18-13-6-1-4-12-5-2-7-14(15(12)13)23(18,20)21/h1-2,4-7H,3,8-11H2. The molecule has 0 saturated carbocycles. The zero-order chi connectivity index (χ0) is 16.0. The van der Waals surface area contributed by atoms with E-state index in [1.165, 1.54) is 4.31 Å². The molecule has 4 rings (SSSR count). The summed E-state index contributed by atoms with van der Waals surface area (Å²) in [7, 11) is -3.51. The minimum atomic E-state index is -3.51. The van der Waals surface area contributed by atoms with E-state index in [1.807, 2.05) is 24.3 Å². The molecule has 6 nitrogen and oxygen atoms in total. The van der Waals surface area contributed by atoms with Crippen LogP contribution in [-0.4, -0.2) is 45.7 Å². The molecule has 2 heterocycles. The van der Waals surface area contributed by atoms with Crippen molar-refractivity contribution in [3.8, 4) is 0 Å². The predicted molar refractivity (Wildman–Crippen MR) is 86.0 cm³/mol. The summed E-state index contributed by atoms with van der Waals surface area (Å²) in [6.07, 6.45) is 0.248. The number of nitrogens with zero attached hydrogens (tertiary/aromatic N) is 2. The molecule has 0 spiro atoms. The number of carbonyl (C=O) groups is 1. The lowest BCUT2D eigenvalue weighted by molar-refractivity contribution is 0.158. The van der Waals surface area contributed by atoms with Crippen molar-refractivity contribution in [2.75, 3.05) is 30.5 Å². The van der Waals surface area contributed by atoms with E-state index in [2.05, 4.69) is 0 Å². The second-order valence-electron chi connectivity index (χ2n) is 5.66. The van der Waals surface area contributed by atoms with Gasteiger partial charge in [-0.05, 0) is 23.9 Å². The molecule has 7 heteroatoms. The van der Waals surface area contributed by atoms with Gasteiger partial charge in [0.1, 0.15) is 6.61 Å². The van der Waals surface area contributed by atoms with E-state index >= 15 is 0 Å². The number of cyclic esters (lactones) is 1. The fraction of sp³-hybridized carbons (Fsp3) is 0.312. The number of anilines is 1. The molecule has 2 aliphatic heterocycles. The highest BCUT2D eigenvalue weighted by molar-refractivity contribution is 7.93. The van der Waals surface area contributed by atoms with Crippen LogP contribution in [0.1, 0.15) is 6.42 Å². The summed E-state index contributed by atoms with van der Waals surface area (Å²) in [5.41, 5.74) is 0.724. The Labute approximate surface area is 134 Å². The monoisotopic (exact) mass is 332 g/mol. The molecule has 1 saturated heterocycles. The van der Waals surface area contributed by atoms with Gasteiger partial charge < -0.3 is 9.64 Å². The maximum atomic E-state index is 12.8. The average Bonchev–Trinajstić information content (AvgIpc) is 3.04. The van der Waals surface area contributed by atoms with E-state index in [1.54, 1.807) is 17.0 Å². The van der Waals surface area contributed by atoms with Crippen molar-refractivity contribution < 1.29 is 17.9 Å². The summed E-state index contributed by atoms with van der Waals surface area (Å²) in [5, 5.41) is 1.71. The van der Waals surface area contributed by atoms with Crippen LogP contribution in [0.25, 0.3) is 10.8 Å². The van der Waals surface area contributed by atoms with Gasteiger partial charge in [-0.25, -0.2) is 13.2 Å². The Bertz CT molecular complexity index is 889. The molecule has 0 aromatic heterocycles. The Balaban J connectivity index is 1.60. The van der Waals surface area contributed by atoms with Crippen LogP contribution in [0.5, 0.6) is 0 Å². The molecule has 0 aliphatic carbocycles. The zero-order valence-electron chi connectivity index (χ0n) is 12.4. The van der Waals surface area contributed by atoms with E-state index in [0.717, 1.165) is 16.5 Å². The highest BCUT2D eigenvalue weighted by Crippen LogP contribution is 2.41. The Morgan fingerprint density at radius 3 is 2.61 bits per heavy atom. The maximum Gasteiger partial charge on any atom is 0.409 e. The van der Waals surface area contributed by atoms with Crippen LogP contribution in [0.15, 0.2) is 41.3 Å². The van der Waals surface area contributed by atoms with Gasteiger partial charge in [-0.15, -0.1) is 0 Å². The summed E-state index contributed by atoms with van der Waals surface area (Å²) in [4.78, 5) is 13.4. The summed E-state index contributed by atoms with van der Waals surface area (Å²) >= 11 is 0. The fourth-order valence-electron chi connectivity index (χ4n) is 3.23. The zero-order valence-corrected chi connectivity index (χ0v) is 13.3. The SMILES string of the molecule is O=C1OCCN1CCCN1c2cccc3cccc(c23)S1(=O)=O. The first kappa shape index (κ1) is 14.3. The Morgan fingerprint density at radius 1 is 1.09 bits per heavy atom. The van der Waals surface area contributed by atoms with E-state index in [0.29, 0.717) is 37.6 Å². The molecule has 120 valence electrons. The minimum absolute atomic E-state index is 0.320. The third-order valence-corrected chi connectivity index (χ3v) is 6.17. The molecule has 2 aromatic carbocycles. The summed E-state index contributed by atoms with van der Waals surface area (Å²) in [6.45, 7) is 1.82. The Hall–Kier alpha value is -2.28. The number of hydrogen-bond donors (Lipinski definition) is 0. The van der Waals surface area contributed by atoms with Crippen LogP contribution in [0.4, 0.5) is 10.5 Å². The van der Waals surface area contributed by atoms with Crippen molar-refractivity contribution in [2.24, 2.45) is 0 Å². The highest BCUT2D eigenvalue weighted by atomic mass is 32.2. The van der Waals surface area contributed by atoms with Gasteiger partial charge in [-0.3, -0.25) is 4.31 Å². The molecular formula is C16H16N2O4S. The third kappa shape index (κ3) is 2.15. The topological polar surface area (TPSA) is 66.9 Å². The number of hydrogen-bond acceptors (Lipinski definition) is 4. The number of amides is 1. The first-order valence-electron chi connectivity index (χ1n) is 7.55. The Morgan fingerprint density at radius 2 is 1.87 bits per heavy atom. The van der Waals surface area contributed by atoms with Gasteiger partial charge in [0.25, 0.3) is 10.0 Å². The van der Waals surface area contributed by atoms with Gasteiger partial charge >= 0.3 is 6.09 Å². The summed E-state index contributed by atoms with van der Waals surface area (Å²) in [5.74, 6) is 0. The van der Waals surface area contributed by atoms with Gasteiger partial charge in [0.2, 0.25) is 0 Å². The number of ether oxygens (including phenoxy) is 1. The molecule has 0 N–H and O–H groups in total. The summed E-state index contributed by atoms with van der Waals surface area (Å²) in [6, 6.07) is 11.0. The van der Waals surface area contributed by atoms with Crippen molar-refractivity contribution in [1.29, 1.82) is 0 Å². The maximum absolute atomic E-state index is 12.8. The van der Waals surface area contributed by atoms with Gasteiger partial charge in [0.15, 0.2) is 0 Å². The van der Waals surface area contributed by atoms with E-state index in [4.69, 9.17) is 4.74 Å². The predicted octanol–water partition coefficient (Wildman–Crippen LogP) is 2.19. The van der Waals surface area contributed by atoms with Gasteiger partial charge in [-0.2, -0.15) is 0 Å². The van der Waals surface area contributed by atoms with Gasteiger partial charge in [0.05, 0.1) is 17.1 Å². The highest BCUT2D eigenvalue weighted by Gasteiger charge is 2.35. The van der Waals surface area contributed by atoms with E-state index in [-0.39, 0.29) is 6.09 Å². The van der Waals surface area contributed by atoms with Crippen LogP contribution in [0.2, 0.25) is 0 Å². The molecule has 0 radical (unpaired) electrons. The molecule has 0 atom stereocenters. The smallest absolute Gasteiger partial charge is 0.409 e. The van der Waals surface area contributed by atoms with Crippen molar-refractivity contribution >= 4 is 32.6 Å². The number of benzene rings is 2. The fourth-order valence-corrected chi connectivity index (χ4v) is 4.98. The largest absolute Gasteiger partial charge is 0.448 e. The van der Waals surface area contributed by atoms with Gasteiger partial charge in [-0.1, -0.05) is 24.3 Å². The number of carbonyl (C=O) groups excluding carboxylic acids is 1. The molecule has 2 aliphatic rings. The molecule has 1 amide bonds. The van der Waals surface area contributed by atoms with Crippen LogP contribution in [0.3, 0.4) is 0 Å². The lowest BCUT2D eigenvalue weighted by atomic mass is 10.1. The van der Waals surface area contributed by atoms with Crippen molar-refractivity contribution in [2.45, 2.75) is 11.3 Å². The second-order valence-corrected chi connectivity index (χ2v) is 7.49. The third-order valence-electron chi connectivity index (χ3n) is 4.32. The number of rotatable bonds is 4. The molecular weight excluding hydrogens is 316 g/mol. The van der Waals surface area contributed by atoms with Crippen LogP contribution >= 0.6 is 0 Å². The van der Waals surface area contributed by atoms with Crippen molar-refractivity contribution in [3.63, 3.8) is 0 Å². The lowest BCUT2D eigenvalue weighted by Gasteiger charge is -2.20. The molecule has 23 heavy (non-hydrogen) atoms. The molecule has 0 unspecified atom stereocenters. The van der Waals surface area contributed by atoms with Crippen molar-refractivity contribution in [3.05, 3.63) is 36.4 Å². The van der Waals surface area contributed by atoms with Crippen LogP contribution in [-0.2, 0) is 14.8 Å². The molecule has 0 bridgehead atoms. The normalized spacial score (nSPS) is 18.7. The summed E-state index contributed by atoms with van der Waals surface area (Å²) < 4.78 is 31.9. The van der Waals surface area contributed by atoms with Crippen LogP contribution in [0, 0.1) is 0 Å². The molecule has 1 fully saturated rings. The second kappa shape index (κ2) is 5.13. The van der Waals surface area contributed by atoms with Crippen LogP contribution < -0.4 is 4.31 Å². The number of sulfonamides is 1. The van der Waals surface area contributed by atoms with E-state index in [9.17, 15) is 13.2 Å². The lowest BCUT2D eigenvalue weighted by Crippen LogP contribution is -2.32. The quantitative estimate of drug-likeness (QED) is 0.861.